The van der Waals surface area contributed by atoms with Gasteiger partial charge in [-0.25, -0.2) is 4.79 Å². The average Bonchev–Trinajstić information content (AvgIpc) is 2.71. The standard InChI is InChI=1S/C24H27NO2/c1-3-5-6-10-17-21-23(24(26)27-4-2)22(18-13-8-7-9-14-18)19-15-11-12-16-20(19)25-21/h7-9,11-16H,3-6,10,17H2,1-2H3. The SMILES string of the molecule is CCCCCCc1nc2ccccc2c(-c2ccccc2)c1C(=O)OCC. The molecule has 0 N–H and O–H groups in total. The highest BCUT2D eigenvalue weighted by molar-refractivity contribution is 6.07. The zero-order valence-corrected chi connectivity index (χ0v) is 16.2. The van der Waals surface area contributed by atoms with E-state index >= 15 is 0 Å². The molecular weight excluding hydrogens is 334 g/mol. The van der Waals surface area contributed by atoms with Crippen LogP contribution >= 0.6 is 0 Å². The summed E-state index contributed by atoms with van der Waals surface area (Å²) in [5.74, 6) is -0.278. The van der Waals surface area contributed by atoms with Crippen molar-refractivity contribution in [3.05, 3.63) is 65.9 Å². The van der Waals surface area contributed by atoms with Crippen LogP contribution in [0.15, 0.2) is 54.6 Å². The summed E-state index contributed by atoms with van der Waals surface area (Å²) in [6, 6.07) is 18.1. The number of para-hydroxylation sites is 1. The molecule has 0 unspecified atom stereocenters. The number of nitrogens with zero attached hydrogens (tertiary/aromatic N) is 1. The number of pyridine rings is 1. The first-order valence-corrected chi connectivity index (χ1v) is 9.90. The van der Waals surface area contributed by atoms with E-state index < -0.39 is 0 Å². The van der Waals surface area contributed by atoms with Gasteiger partial charge in [0.05, 0.1) is 23.4 Å². The maximum absolute atomic E-state index is 12.9. The Morgan fingerprint density at radius 1 is 0.926 bits per heavy atom. The molecule has 0 aliphatic heterocycles. The van der Waals surface area contributed by atoms with Gasteiger partial charge in [-0.3, -0.25) is 4.98 Å². The normalized spacial score (nSPS) is 10.9. The molecule has 0 saturated carbocycles. The number of rotatable bonds is 8. The van der Waals surface area contributed by atoms with Crippen molar-refractivity contribution in [3.8, 4) is 11.1 Å². The third-order valence-electron chi connectivity index (χ3n) is 4.78. The molecule has 3 aromatic rings. The largest absolute Gasteiger partial charge is 0.462 e. The summed E-state index contributed by atoms with van der Waals surface area (Å²) >= 11 is 0. The molecule has 3 nitrogen and oxygen atoms in total. The third-order valence-corrected chi connectivity index (χ3v) is 4.78. The monoisotopic (exact) mass is 361 g/mol. The second-order valence-electron chi connectivity index (χ2n) is 6.72. The molecule has 0 amide bonds. The Bertz CT molecular complexity index is 903. The van der Waals surface area contributed by atoms with Crippen LogP contribution in [-0.4, -0.2) is 17.6 Å². The van der Waals surface area contributed by atoms with E-state index in [1.54, 1.807) is 0 Å². The fraction of sp³-hybridized carbons (Fsp3) is 0.333. The molecule has 2 aromatic carbocycles. The number of ether oxygens (including phenoxy) is 1. The lowest BCUT2D eigenvalue weighted by molar-refractivity contribution is 0.0525. The number of aryl methyl sites for hydroxylation is 1. The summed E-state index contributed by atoms with van der Waals surface area (Å²) < 4.78 is 5.43. The van der Waals surface area contributed by atoms with Crippen molar-refractivity contribution in [2.24, 2.45) is 0 Å². The fourth-order valence-electron chi connectivity index (χ4n) is 3.49. The van der Waals surface area contributed by atoms with E-state index in [1.165, 1.54) is 12.8 Å². The van der Waals surface area contributed by atoms with Gasteiger partial charge in [0.25, 0.3) is 0 Å². The third kappa shape index (κ3) is 4.36. The van der Waals surface area contributed by atoms with Crippen LogP contribution in [0.5, 0.6) is 0 Å². The van der Waals surface area contributed by atoms with Gasteiger partial charge >= 0.3 is 5.97 Å². The summed E-state index contributed by atoms with van der Waals surface area (Å²) in [7, 11) is 0. The quantitative estimate of drug-likeness (QED) is 0.354. The van der Waals surface area contributed by atoms with Gasteiger partial charge in [0.1, 0.15) is 0 Å². The lowest BCUT2D eigenvalue weighted by Gasteiger charge is -2.16. The lowest BCUT2D eigenvalue weighted by Crippen LogP contribution is -2.12. The Hall–Kier alpha value is -2.68. The van der Waals surface area contributed by atoms with Gasteiger partial charge in [0.2, 0.25) is 0 Å². The van der Waals surface area contributed by atoms with Gasteiger partial charge < -0.3 is 4.74 Å². The van der Waals surface area contributed by atoms with Crippen LogP contribution in [0.2, 0.25) is 0 Å². The highest BCUT2D eigenvalue weighted by Crippen LogP contribution is 2.34. The molecule has 0 saturated heterocycles. The number of hydrogen-bond acceptors (Lipinski definition) is 3. The molecule has 0 aliphatic carbocycles. The summed E-state index contributed by atoms with van der Waals surface area (Å²) in [6.07, 6.45) is 5.35. The smallest absolute Gasteiger partial charge is 0.340 e. The number of fused-ring (bicyclic) bond motifs is 1. The first kappa shape index (κ1) is 19.1. The molecule has 0 spiro atoms. The van der Waals surface area contributed by atoms with Gasteiger partial charge in [-0.1, -0.05) is 74.7 Å². The Kier molecular flexibility index (Phi) is 6.59. The summed E-state index contributed by atoms with van der Waals surface area (Å²) in [5, 5.41) is 0.990. The molecule has 0 aliphatic rings. The second kappa shape index (κ2) is 9.31. The maximum atomic E-state index is 12.9. The predicted octanol–water partition coefficient (Wildman–Crippen LogP) is 6.20. The Labute approximate surface area is 161 Å². The molecule has 27 heavy (non-hydrogen) atoms. The summed E-state index contributed by atoms with van der Waals surface area (Å²) in [4.78, 5) is 17.8. The van der Waals surface area contributed by atoms with E-state index in [-0.39, 0.29) is 5.97 Å². The van der Waals surface area contributed by atoms with E-state index in [0.29, 0.717) is 12.2 Å². The molecule has 1 heterocycles. The van der Waals surface area contributed by atoms with Crippen LogP contribution in [0.3, 0.4) is 0 Å². The van der Waals surface area contributed by atoms with Gasteiger partial charge in [0.15, 0.2) is 0 Å². The lowest BCUT2D eigenvalue weighted by atomic mass is 9.92. The molecular formula is C24H27NO2. The molecule has 1 aromatic heterocycles. The Balaban J connectivity index is 2.20. The van der Waals surface area contributed by atoms with E-state index in [9.17, 15) is 4.79 Å². The van der Waals surface area contributed by atoms with E-state index in [2.05, 4.69) is 6.92 Å². The van der Waals surface area contributed by atoms with Crippen molar-refractivity contribution in [2.75, 3.05) is 6.61 Å². The first-order chi connectivity index (χ1) is 13.3. The Morgan fingerprint density at radius 2 is 1.67 bits per heavy atom. The highest BCUT2D eigenvalue weighted by atomic mass is 16.5. The topological polar surface area (TPSA) is 39.2 Å². The number of carbonyl (C=O) groups is 1. The minimum Gasteiger partial charge on any atom is -0.462 e. The van der Waals surface area contributed by atoms with Crippen LogP contribution in [0.4, 0.5) is 0 Å². The minimum atomic E-state index is -0.278. The van der Waals surface area contributed by atoms with Crippen LogP contribution in [0, 0.1) is 0 Å². The van der Waals surface area contributed by atoms with Crippen molar-refractivity contribution < 1.29 is 9.53 Å². The van der Waals surface area contributed by atoms with E-state index in [4.69, 9.17) is 9.72 Å². The number of benzene rings is 2. The van der Waals surface area contributed by atoms with Crippen molar-refractivity contribution in [2.45, 2.75) is 46.0 Å². The fourth-order valence-corrected chi connectivity index (χ4v) is 3.49. The molecule has 3 rings (SSSR count). The second-order valence-corrected chi connectivity index (χ2v) is 6.72. The molecule has 0 bridgehead atoms. The zero-order valence-electron chi connectivity index (χ0n) is 16.2. The van der Waals surface area contributed by atoms with Crippen molar-refractivity contribution in [3.63, 3.8) is 0 Å². The van der Waals surface area contributed by atoms with Gasteiger partial charge in [0, 0.05) is 10.9 Å². The van der Waals surface area contributed by atoms with Crippen LogP contribution in [-0.2, 0) is 11.2 Å². The first-order valence-electron chi connectivity index (χ1n) is 9.90. The van der Waals surface area contributed by atoms with Crippen molar-refractivity contribution in [1.82, 2.24) is 4.98 Å². The van der Waals surface area contributed by atoms with Crippen LogP contribution in [0.1, 0.15) is 55.6 Å². The zero-order chi connectivity index (χ0) is 19.1. The van der Waals surface area contributed by atoms with E-state index in [1.807, 2.05) is 61.5 Å². The predicted molar refractivity (Wildman–Crippen MR) is 111 cm³/mol. The summed E-state index contributed by atoms with van der Waals surface area (Å²) in [5.41, 5.74) is 4.36. The number of aromatic nitrogens is 1. The molecule has 0 radical (unpaired) electrons. The van der Waals surface area contributed by atoms with Gasteiger partial charge in [-0.15, -0.1) is 0 Å². The van der Waals surface area contributed by atoms with E-state index in [0.717, 1.165) is 47.0 Å². The molecule has 3 heteroatoms. The minimum absolute atomic E-state index is 0.278. The Morgan fingerprint density at radius 3 is 2.41 bits per heavy atom. The number of unbranched alkanes of at least 4 members (excludes halogenated alkanes) is 3. The molecule has 140 valence electrons. The number of hydrogen-bond donors (Lipinski definition) is 0. The van der Waals surface area contributed by atoms with Gasteiger partial charge in [-0.05, 0) is 31.4 Å². The molecule has 0 atom stereocenters. The van der Waals surface area contributed by atoms with Gasteiger partial charge in [-0.2, -0.15) is 0 Å². The maximum Gasteiger partial charge on any atom is 0.340 e. The van der Waals surface area contributed by atoms with Crippen molar-refractivity contribution >= 4 is 16.9 Å². The highest BCUT2D eigenvalue weighted by Gasteiger charge is 2.22. The van der Waals surface area contributed by atoms with Crippen LogP contribution < -0.4 is 0 Å². The average molecular weight is 361 g/mol. The number of carbonyl (C=O) groups excluding carboxylic acids is 1. The summed E-state index contributed by atoms with van der Waals surface area (Å²) in [6.45, 7) is 4.40. The number of esters is 1. The molecule has 0 fully saturated rings. The van der Waals surface area contributed by atoms with Crippen molar-refractivity contribution in [1.29, 1.82) is 0 Å². The van der Waals surface area contributed by atoms with Crippen LogP contribution in [0.25, 0.3) is 22.0 Å².